The average molecular weight is 300 g/mol. The zero-order chi connectivity index (χ0) is 15.4. The maximum atomic E-state index is 12.5. The molecule has 2 aromatic carbocycles. The van der Waals surface area contributed by atoms with E-state index >= 15 is 0 Å². The van der Waals surface area contributed by atoms with Crippen molar-refractivity contribution < 1.29 is 4.79 Å². The fourth-order valence-electron chi connectivity index (χ4n) is 5.19. The first kappa shape index (κ1) is 13.3. The third-order valence-electron chi connectivity index (χ3n) is 6.17. The number of hydrogen-bond acceptors (Lipinski definition) is 1. The Hall–Kier alpha value is -2.15. The quantitative estimate of drug-likeness (QED) is 0.688. The second kappa shape index (κ2) is 4.67. The molecule has 0 N–H and O–H groups in total. The van der Waals surface area contributed by atoms with Gasteiger partial charge in [0, 0.05) is 18.3 Å². The molecule has 5 rings (SSSR count). The van der Waals surface area contributed by atoms with E-state index in [1.807, 2.05) is 6.07 Å². The van der Waals surface area contributed by atoms with E-state index in [-0.39, 0.29) is 5.41 Å². The van der Waals surface area contributed by atoms with Crippen molar-refractivity contribution in [2.75, 3.05) is 0 Å². The highest BCUT2D eigenvalue weighted by molar-refractivity contribution is 5.86. The van der Waals surface area contributed by atoms with Crippen LogP contribution in [-0.4, -0.2) is 5.78 Å². The number of Topliss-reactive ketones (excluding diaryl/α,β-unsaturated/α-hetero) is 1. The van der Waals surface area contributed by atoms with Crippen LogP contribution in [0.25, 0.3) is 11.1 Å². The summed E-state index contributed by atoms with van der Waals surface area (Å²) in [6.45, 7) is 0. The summed E-state index contributed by atoms with van der Waals surface area (Å²) >= 11 is 0. The van der Waals surface area contributed by atoms with Gasteiger partial charge >= 0.3 is 0 Å². The summed E-state index contributed by atoms with van der Waals surface area (Å²) in [4.78, 5) is 12.5. The maximum Gasteiger partial charge on any atom is 0.138 e. The Bertz CT molecular complexity index is 830. The molecule has 1 fully saturated rings. The lowest BCUT2D eigenvalue weighted by Gasteiger charge is -2.41. The predicted octanol–water partition coefficient (Wildman–Crippen LogP) is 4.85. The number of allylic oxidation sites excluding steroid dienone is 2. The van der Waals surface area contributed by atoms with Crippen LogP contribution >= 0.6 is 0 Å². The third-order valence-corrected chi connectivity index (χ3v) is 6.17. The fraction of sp³-hybridized carbons (Fsp3) is 0.318. The van der Waals surface area contributed by atoms with Crippen molar-refractivity contribution in [3.8, 4) is 11.1 Å². The van der Waals surface area contributed by atoms with Crippen molar-refractivity contribution in [1.29, 1.82) is 0 Å². The van der Waals surface area contributed by atoms with Crippen LogP contribution in [0.4, 0.5) is 0 Å². The van der Waals surface area contributed by atoms with Gasteiger partial charge in [0.25, 0.3) is 0 Å². The predicted molar refractivity (Wildman–Crippen MR) is 92.3 cm³/mol. The minimum Gasteiger partial charge on any atom is -0.299 e. The SMILES string of the molecule is O=C1Cc2cc(-c3ccccc3)ccc2C2(C1)CC1=CCC2C1. The molecule has 1 saturated carbocycles. The number of carbonyl (C=O) groups excluding carboxylic acids is 1. The lowest BCUT2D eigenvalue weighted by atomic mass is 9.62. The van der Waals surface area contributed by atoms with E-state index in [0.717, 1.165) is 12.8 Å². The zero-order valence-corrected chi connectivity index (χ0v) is 13.2. The van der Waals surface area contributed by atoms with Gasteiger partial charge in [0.1, 0.15) is 5.78 Å². The Labute approximate surface area is 137 Å². The molecule has 2 unspecified atom stereocenters. The Kier molecular flexibility index (Phi) is 2.70. The van der Waals surface area contributed by atoms with Crippen LogP contribution in [0.5, 0.6) is 0 Å². The molecule has 1 spiro atoms. The minimum atomic E-state index is 0.115. The van der Waals surface area contributed by atoms with Crippen LogP contribution in [0.1, 0.15) is 36.8 Å². The first-order chi connectivity index (χ1) is 11.2. The monoisotopic (exact) mass is 300 g/mol. The maximum absolute atomic E-state index is 12.5. The standard InChI is InChI=1S/C22H20O/c23-20-12-18-11-17(16-4-2-1-3-5-16)7-9-21(18)22(14-20)13-15-6-8-19(22)10-15/h1-7,9,11,19H,8,10,12-14H2. The number of benzene rings is 2. The first-order valence-corrected chi connectivity index (χ1v) is 8.63. The van der Waals surface area contributed by atoms with Crippen LogP contribution in [0.2, 0.25) is 0 Å². The number of fused-ring (bicyclic) bond motifs is 5. The molecule has 0 radical (unpaired) electrons. The van der Waals surface area contributed by atoms with Crippen LogP contribution < -0.4 is 0 Å². The van der Waals surface area contributed by atoms with E-state index in [0.29, 0.717) is 18.1 Å². The van der Waals surface area contributed by atoms with E-state index in [4.69, 9.17) is 0 Å². The first-order valence-electron chi connectivity index (χ1n) is 8.63. The smallest absolute Gasteiger partial charge is 0.138 e. The number of carbonyl (C=O) groups is 1. The van der Waals surface area contributed by atoms with Crippen LogP contribution in [0.15, 0.2) is 60.2 Å². The fourth-order valence-corrected chi connectivity index (χ4v) is 5.19. The van der Waals surface area contributed by atoms with E-state index in [1.165, 1.54) is 35.1 Å². The van der Waals surface area contributed by atoms with Gasteiger partial charge in [0.15, 0.2) is 0 Å². The number of rotatable bonds is 1. The Morgan fingerprint density at radius 1 is 0.957 bits per heavy atom. The average Bonchev–Trinajstić information content (AvgIpc) is 3.16. The highest BCUT2D eigenvalue weighted by Crippen LogP contribution is 2.58. The van der Waals surface area contributed by atoms with Crippen molar-refractivity contribution >= 4 is 5.78 Å². The van der Waals surface area contributed by atoms with E-state index in [1.54, 1.807) is 5.57 Å². The van der Waals surface area contributed by atoms with Gasteiger partial charge in [-0.1, -0.05) is 60.2 Å². The van der Waals surface area contributed by atoms with E-state index in [2.05, 4.69) is 48.5 Å². The molecule has 2 atom stereocenters. The molecule has 0 aliphatic heterocycles. The molecule has 0 saturated heterocycles. The highest BCUT2D eigenvalue weighted by Gasteiger charge is 2.51. The molecular formula is C22H20O. The number of hydrogen-bond donors (Lipinski definition) is 0. The summed E-state index contributed by atoms with van der Waals surface area (Å²) in [6.07, 6.45) is 7.28. The summed E-state index contributed by atoms with van der Waals surface area (Å²) in [7, 11) is 0. The van der Waals surface area contributed by atoms with Crippen LogP contribution in [-0.2, 0) is 16.6 Å². The van der Waals surface area contributed by atoms with Crippen molar-refractivity contribution in [2.45, 2.75) is 37.5 Å². The summed E-state index contributed by atoms with van der Waals surface area (Å²) in [6, 6.07) is 17.3. The topological polar surface area (TPSA) is 17.1 Å². The molecule has 0 aromatic heterocycles. The second-order valence-electron chi connectivity index (χ2n) is 7.46. The number of ketones is 1. The molecular weight excluding hydrogens is 280 g/mol. The third kappa shape index (κ3) is 1.89. The Morgan fingerprint density at radius 3 is 2.57 bits per heavy atom. The highest BCUT2D eigenvalue weighted by atomic mass is 16.1. The van der Waals surface area contributed by atoms with Gasteiger partial charge < -0.3 is 0 Å². The molecule has 0 amide bonds. The van der Waals surface area contributed by atoms with Gasteiger partial charge in [-0.3, -0.25) is 4.79 Å². The van der Waals surface area contributed by atoms with Crippen molar-refractivity contribution in [3.63, 3.8) is 0 Å². The molecule has 114 valence electrons. The van der Waals surface area contributed by atoms with Gasteiger partial charge in [-0.05, 0) is 47.4 Å². The normalized spacial score (nSPS) is 28.1. The van der Waals surface area contributed by atoms with E-state index < -0.39 is 0 Å². The van der Waals surface area contributed by atoms with Gasteiger partial charge in [-0.15, -0.1) is 0 Å². The molecule has 2 aromatic rings. The van der Waals surface area contributed by atoms with Crippen LogP contribution in [0, 0.1) is 5.92 Å². The second-order valence-corrected chi connectivity index (χ2v) is 7.46. The minimum absolute atomic E-state index is 0.115. The molecule has 1 nitrogen and oxygen atoms in total. The Morgan fingerprint density at radius 2 is 1.83 bits per heavy atom. The zero-order valence-electron chi connectivity index (χ0n) is 13.2. The van der Waals surface area contributed by atoms with E-state index in [9.17, 15) is 4.79 Å². The molecule has 0 heterocycles. The summed E-state index contributed by atoms with van der Waals surface area (Å²) < 4.78 is 0. The molecule has 23 heavy (non-hydrogen) atoms. The summed E-state index contributed by atoms with van der Waals surface area (Å²) in [5.41, 5.74) is 6.90. The van der Waals surface area contributed by atoms with Crippen molar-refractivity contribution in [3.05, 3.63) is 71.3 Å². The van der Waals surface area contributed by atoms with Gasteiger partial charge in [0.05, 0.1) is 0 Å². The molecule has 3 aliphatic rings. The lowest BCUT2D eigenvalue weighted by Crippen LogP contribution is -2.39. The largest absolute Gasteiger partial charge is 0.299 e. The molecule has 3 aliphatic carbocycles. The summed E-state index contributed by atoms with van der Waals surface area (Å²) in [5, 5.41) is 0. The van der Waals surface area contributed by atoms with Gasteiger partial charge in [-0.2, -0.15) is 0 Å². The van der Waals surface area contributed by atoms with Crippen molar-refractivity contribution in [2.24, 2.45) is 5.92 Å². The van der Waals surface area contributed by atoms with Crippen molar-refractivity contribution in [1.82, 2.24) is 0 Å². The van der Waals surface area contributed by atoms with Gasteiger partial charge in [0.2, 0.25) is 0 Å². The van der Waals surface area contributed by atoms with Crippen LogP contribution in [0.3, 0.4) is 0 Å². The lowest BCUT2D eigenvalue weighted by molar-refractivity contribution is -0.120. The van der Waals surface area contributed by atoms with Gasteiger partial charge in [-0.25, -0.2) is 0 Å². The molecule has 2 bridgehead atoms. The Balaban J connectivity index is 1.64. The molecule has 1 heteroatoms. The summed E-state index contributed by atoms with van der Waals surface area (Å²) in [5.74, 6) is 1.08.